The SMILES string of the molecule is Cc1ccc(Br)c(NCc2ccccc2/C(N)=N/O)c1. The van der Waals surface area contributed by atoms with Gasteiger partial charge in [-0.1, -0.05) is 35.5 Å². The first-order chi connectivity index (χ1) is 9.61. The molecule has 2 aromatic carbocycles. The molecule has 2 rings (SSSR count). The van der Waals surface area contributed by atoms with Crippen molar-refractivity contribution in [1.29, 1.82) is 0 Å². The van der Waals surface area contributed by atoms with Crippen LogP contribution in [0.5, 0.6) is 0 Å². The van der Waals surface area contributed by atoms with E-state index in [1.807, 2.05) is 43.3 Å². The number of halogens is 1. The van der Waals surface area contributed by atoms with E-state index in [2.05, 4.69) is 32.5 Å². The highest BCUT2D eigenvalue weighted by atomic mass is 79.9. The van der Waals surface area contributed by atoms with Crippen LogP contribution in [0.4, 0.5) is 5.69 Å². The lowest BCUT2D eigenvalue weighted by Crippen LogP contribution is -2.16. The van der Waals surface area contributed by atoms with Crippen LogP contribution in [-0.4, -0.2) is 11.0 Å². The van der Waals surface area contributed by atoms with Gasteiger partial charge in [-0.25, -0.2) is 0 Å². The van der Waals surface area contributed by atoms with Crippen LogP contribution in [0.1, 0.15) is 16.7 Å². The second-order valence-corrected chi connectivity index (χ2v) is 5.33. The first-order valence-electron chi connectivity index (χ1n) is 6.17. The van der Waals surface area contributed by atoms with E-state index in [4.69, 9.17) is 10.9 Å². The van der Waals surface area contributed by atoms with Gasteiger partial charge in [0.15, 0.2) is 5.84 Å². The van der Waals surface area contributed by atoms with Crippen LogP contribution < -0.4 is 11.1 Å². The number of nitrogens with one attached hydrogen (secondary N) is 1. The van der Waals surface area contributed by atoms with Crippen molar-refractivity contribution in [3.63, 3.8) is 0 Å². The van der Waals surface area contributed by atoms with Crippen LogP contribution in [0.25, 0.3) is 0 Å². The normalized spacial score (nSPS) is 11.4. The van der Waals surface area contributed by atoms with Crippen LogP contribution in [-0.2, 0) is 6.54 Å². The van der Waals surface area contributed by atoms with Crippen LogP contribution in [0.2, 0.25) is 0 Å². The number of anilines is 1. The molecule has 0 unspecified atom stereocenters. The zero-order valence-electron chi connectivity index (χ0n) is 11.1. The van der Waals surface area contributed by atoms with Gasteiger partial charge >= 0.3 is 0 Å². The maximum atomic E-state index is 8.81. The first-order valence-corrected chi connectivity index (χ1v) is 6.97. The maximum Gasteiger partial charge on any atom is 0.170 e. The summed E-state index contributed by atoms with van der Waals surface area (Å²) in [6.07, 6.45) is 0. The van der Waals surface area contributed by atoms with E-state index in [0.717, 1.165) is 21.3 Å². The van der Waals surface area contributed by atoms with Crippen LogP contribution in [0.15, 0.2) is 52.1 Å². The van der Waals surface area contributed by atoms with E-state index in [1.165, 1.54) is 5.56 Å². The fraction of sp³-hybridized carbons (Fsp3) is 0.133. The van der Waals surface area contributed by atoms with Gasteiger partial charge in [0.2, 0.25) is 0 Å². The van der Waals surface area contributed by atoms with Crippen molar-refractivity contribution in [3.8, 4) is 0 Å². The van der Waals surface area contributed by atoms with Crippen LogP contribution >= 0.6 is 15.9 Å². The largest absolute Gasteiger partial charge is 0.409 e. The number of hydrogen-bond acceptors (Lipinski definition) is 3. The van der Waals surface area contributed by atoms with Crippen molar-refractivity contribution in [2.24, 2.45) is 10.9 Å². The molecule has 0 aliphatic rings. The fourth-order valence-electron chi connectivity index (χ4n) is 1.94. The Morgan fingerprint density at radius 3 is 2.80 bits per heavy atom. The Kier molecular flexibility index (Phi) is 4.63. The molecule has 0 spiro atoms. The summed E-state index contributed by atoms with van der Waals surface area (Å²) in [4.78, 5) is 0. The molecule has 0 fully saturated rings. The van der Waals surface area contributed by atoms with Gasteiger partial charge in [0.25, 0.3) is 0 Å². The number of oxime groups is 1. The molecule has 5 heteroatoms. The lowest BCUT2D eigenvalue weighted by atomic mass is 10.1. The summed E-state index contributed by atoms with van der Waals surface area (Å²) >= 11 is 3.51. The van der Waals surface area contributed by atoms with Gasteiger partial charge in [-0.05, 0) is 46.1 Å². The van der Waals surface area contributed by atoms with Crippen molar-refractivity contribution < 1.29 is 5.21 Å². The average Bonchev–Trinajstić information content (AvgIpc) is 2.47. The molecule has 0 saturated heterocycles. The molecule has 0 aliphatic carbocycles. The minimum Gasteiger partial charge on any atom is -0.409 e. The maximum absolute atomic E-state index is 8.81. The van der Waals surface area contributed by atoms with Crippen LogP contribution in [0, 0.1) is 6.92 Å². The molecule has 0 atom stereocenters. The monoisotopic (exact) mass is 333 g/mol. The van der Waals surface area contributed by atoms with Crippen molar-refractivity contribution in [3.05, 3.63) is 63.6 Å². The topological polar surface area (TPSA) is 70.6 Å². The van der Waals surface area contributed by atoms with E-state index in [0.29, 0.717) is 6.54 Å². The Morgan fingerprint density at radius 2 is 2.05 bits per heavy atom. The second-order valence-electron chi connectivity index (χ2n) is 4.48. The van der Waals surface area contributed by atoms with Gasteiger partial charge in [-0.15, -0.1) is 0 Å². The van der Waals surface area contributed by atoms with Gasteiger partial charge in [-0.2, -0.15) is 0 Å². The quantitative estimate of drug-likeness (QED) is 0.347. The highest BCUT2D eigenvalue weighted by Gasteiger charge is 2.07. The molecule has 0 bridgehead atoms. The van der Waals surface area contributed by atoms with Gasteiger partial charge in [0, 0.05) is 22.3 Å². The van der Waals surface area contributed by atoms with Gasteiger partial charge in [-0.3, -0.25) is 0 Å². The zero-order chi connectivity index (χ0) is 14.5. The predicted octanol–water partition coefficient (Wildman–Crippen LogP) is 3.46. The third-order valence-corrected chi connectivity index (χ3v) is 3.68. The Morgan fingerprint density at radius 1 is 1.30 bits per heavy atom. The number of amidine groups is 1. The number of nitrogens with two attached hydrogens (primary N) is 1. The number of hydrogen-bond donors (Lipinski definition) is 3. The highest BCUT2D eigenvalue weighted by molar-refractivity contribution is 9.10. The molecular weight excluding hydrogens is 318 g/mol. The lowest BCUT2D eigenvalue weighted by Gasteiger charge is -2.12. The Bertz CT molecular complexity index is 641. The van der Waals surface area contributed by atoms with Gasteiger partial charge in [0.05, 0.1) is 0 Å². The summed E-state index contributed by atoms with van der Waals surface area (Å²) in [5, 5.41) is 15.2. The lowest BCUT2D eigenvalue weighted by molar-refractivity contribution is 0.318. The van der Waals surface area contributed by atoms with Crippen LogP contribution in [0.3, 0.4) is 0 Å². The van der Waals surface area contributed by atoms with E-state index >= 15 is 0 Å². The van der Waals surface area contributed by atoms with E-state index in [1.54, 1.807) is 0 Å². The third kappa shape index (κ3) is 3.30. The number of benzene rings is 2. The highest BCUT2D eigenvalue weighted by Crippen LogP contribution is 2.24. The summed E-state index contributed by atoms with van der Waals surface area (Å²) in [6, 6.07) is 13.7. The smallest absolute Gasteiger partial charge is 0.170 e. The molecule has 0 radical (unpaired) electrons. The Hall–Kier alpha value is -2.01. The molecule has 0 amide bonds. The van der Waals surface area contributed by atoms with Gasteiger partial charge in [0.1, 0.15) is 0 Å². The summed E-state index contributed by atoms with van der Waals surface area (Å²) < 4.78 is 1.00. The van der Waals surface area contributed by atoms with E-state index < -0.39 is 0 Å². The average molecular weight is 334 g/mol. The summed E-state index contributed by atoms with van der Waals surface area (Å²) in [6.45, 7) is 2.64. The van der Waals surface area contributed by atoms with E-state index in [-0.39, 0.29) is 5.84 Å². The summed E-state index contributed by atoms with van der Waals surface area (Å²) in [5.41, 5.74) is 9.57. The van der Waals surface area contributed by atoms with E-state index in [9.17, 15) is 0 Å². The first kappa shape index (κ1) is 14.4. The molecule has 0 aromatic heterocycles. The Labute approximate surface area is 126 Å². The second kappa shape index (κ2) is 6.43. The molecule has 104 valence electrons. The third-order valence-electron chi connectivity index (χ3n) is 2.99. The predicted molar refractivity (Wildman–Crippen MR) is 85.2 cm³/mol. The molecular formula is C15H16BrN3O. The number of rotatable bonds is 4. The van der Waals surface area contributed by atoms with Crippen molar-refractivity contribution in [1.82, 2.24) is 0 Å². The molecule has 4 nitrogen and oxygen atoms in total. The minimum atomic E-state index is 0.116. The summed E-state index contributed by atoms with van der Waals surface area (Å²) in [7, 11) is 0. The standard InChI is InChI=1S/C15H16BrN3O/c1-10-6-7-13(16)14(8-10)18-9-11-4-2-3-5-12(11)15(17)19-20/h2-8,18,20H,9H2,1H3,(H2,17,19). The van der Waals surface area contributed by atoms with Crippen molar-refractivity contribution in [2.45, 2.75) is 13.5 Å². The molecule has 0 aliphatic heterocycles. The minimum absolute atomic E-state index is 0.116. The fourth-order valence-corrected chi connectivity index (χ4v) is 2.33. The molecule has 0 saturated carbocycles. The van der Waals surface area contributed by atoms with Gasteiger partial charge < -0.3 is 16.3 Å². The Balaban J connectivity index is 2.21. The zero-order valence-corrected chi connectivity index (χ0v) is 12.7. The molecule has 2 aromatic rings. The van der Waals surface area contributed by atoms with Crippen molar-refractivity contribution >= 4 is 27.5 Å². The molecule has 20 heavy (non-hydrogen) atoms. The number of aryl methyl sites for hydroxylation is 1. The van der Waals surface area contributed by atoms with Crippen molar-refractivity contribution in [2.75, 3.05) is 5.32 Å². The molecule has 4 N–H and O–H groups in total. The molecule has 0 heterocycles. The summed E-state index contributed by atoms with van der Waals surface area (Å²) in [5.74, 6) is 0.116. The number of nitrogens with zero attached hydrogens (tertiary/aromatic N) is 1.